The van der Waals surface area contributed by atoms with Gasteiger partial charge in [0.25, 0.3) is 0 Å². The van der Waals surface area contributed by atoms with Crippen LogP contribution in [0.3, 0.4) is 0 Å². The van der Waals surface area contributed by atoms with Gasteiger partial charge in [0.1, 0.15) is 28.9 Å². The molecule has 0 bridgehead atoms. The van der Waals surface area contributed by atoms with Crippen LogP contribution >= 0.6 is 0 Å². The first-order chi connectivity index (χ1) is 61.3. The van der Waals surface area contributed by atoms with Crippen molar-refractivity contribution in [2.75, 3.05) is 329 Å². The molecule has 0 aromatic carbocycles. The summed E-state index contributed by atoms with van der Waals surface area (Å²) in [6.45, 7) is 35.5. The zero-order valence-corrected chi connectivity index (χ0v) is 81.5. The van der Waals surface area contributed by atoms with Crippen molar-refractivity contribution in [1.82, 2.24) is 134 Å². The number of ether oxygens (including phenoxy) is 6. The fourth-order valence-corrected chi connectivity index (χ4v) is 23.4. The molecular weight excluding hydrogens is 1940 g/mol. The van der Waals surface area contributed by atoms with Crippen molar-refractivity contribution in [1.29, 1.82) is 0 Å². The first kappa shape index (κ1) is 108. The van der Waals surface area contributed by atoms with Crippen molar-refractivity contribution in [3.05, 3.63) is 66.6 Å². The van der Waals surface area contributed by atoms with Crippen molar-refractivity contribution >= 4 is 0 Å². The third-order valence-electron chi connectivity index (χ3n) is 29.3. The Bertz CT molecular complexity index is 2830. The number of aliphatic hydroxyl groups excluding tert-OH is 2. The first-order valence-electron chi connectivity index (χ1n) is 48.4. The molecule has 6 unspecified atom stereocenters. The Balaban J connectivity index is 0.000000294. The molecule has 18 heterocycles. The van der Waals surface area contributed by atoms with Gasteiger partial charge in [-0.1, -0.05) is 64.2 Å². The molecule has 129 heavy (non-hydrogen) atoms. The normalized spacial score (nSPS) is 30.0. The Morgan fingerprint density at radius 3 is 0.597 bits per heavy atom. The molecular formula is C80H158Ag3N38O8-12. The number of nitrogens with one attached hydrogen (secondary N) is 8. The Hall–Kier alpha value is 0.381. The minimum absolute atomic E-state index is 0. The number of aliphatic hydroxyl groups is 2. The molecule has 761 valence electrons. The van der Waals surface area contributed by atoms with Gasteiger partial charge in [0.05, 0.1) is 66.1 Å². The van der Waals surface area contributed by atoms with Crippen LogP contribution < -0.4 is 43.4 Å². The molecule has 18 saturated heterocycles. The van der Waals surface area contributed by atoms with Gasteiger partial charge >= 0.3 is 0 Å². The largest absolute Gasteiger partial charge is 0.693 e. The Kier molecular flexibility index (Phi) is 44.4. The smallest absolute Gasteiger partial charge is 0.193 e. The van der Waals surface area contributed by atoms with Gasteiger partial charge in [-0.05, 0) is 152 Å². The first-order valence-corrected chi connectivity index (χ1v) is 48.4. The molecule has 49 heteroatoms. The molecule has 0 amide bonds. The van der Waals surface area contributed by atoms with Gasteiger partial charge in [-0.2, -0.15) is 0 Å². The summed E-state index contributed by atoms with van der Waals surface area (Å²) >= 11 is 0. The summed E-state index contributed by atoms with van der Waals surface area (Å²) in [4.78, 5) is 0. The van der Waals surface area contributed by atoms with Gasteiger partial charge in [0, 0.05) is 199 Å². The van der Waals surface area contributed by atoms with Crippen molar-refractivity contribution in [3.63, 3.8) is 0 Å². The molecule has 19 fully saturated rings. The second-order valence-electron chi connectivity index (χ2n) is 36.6. The van der Waals surface area contributed by atoms with Crippen molar-refractivity contribution in [2.45, 2.75) is 150 Å². The minimum atomic E-state index is -0.754. The van der Waals surface area contributed by atoms with Gasteiger partial charge in [0.2, 0.25) is 0 Å². The van der Waals surface area contributed by atoms with E-state index < -0.39 is 28.9 Å². The summed E-state index contributed by atoms with van der Waals surface area (Å²) < 4.78 is 42.2. The Labute approximate surface area is 815 Å². The summed E-state index contributed by atoms with van der Waals surface area (Å²) in [5.74, 6) is -4.89. The number of hydrazine groups is 8. The van der Waals surface area contributed by atoms with Crippen LogP contribution in [0.15, 0.2) is 0 Å². The maximum atomic E-state index is 12.3. The molecule has 18 aliphatic heterocycles. The van der Waals surface area contributed by atoms with E-state index >= 15 is 0 Å². The summed E-state index contributed by atoms with van der Waals surface area (Å²) in [5, 5.41) is 63.2. The van der Waals surface area contributed by atoms with Crippen LogP contribution in [0, 0.1) is 35.5 Å². The Morgan fingerprint density at radius 2 is 0.419 bits per heavy atom. The minimum Gasteiger partial charge on any atom is -0.693 e. The summed E-state index contributed by atoms with van der Waals surface area (Å²) in [6.07, 6.45) is 18.7. The van der Waals surface area contributed by atoms with Crippen LogP contribution in [0.2, 0.25) is 0 Å². The molecule has 3 radical (unpaired) electrons. The average molecular weight is 2100 g/mol. The fraction of sp³-hybridized carbons (Fsp3) is 1.00. The maximum absolute atomic E-state index is 12.3. The van der Waals surface area contributed by atoms with Crippen LogP contribution in [-0.4, -0.2) is 464 Å². The molecule has 0 aromatic rings. The third-order valence-corrected chi connectivity index (χ3v) is 29.3. The number of nitrogens with zero attached hydrogens (tertiary/aromatic N) is 28. The van der Waals surface area contributed by atoms with E-state index in [1.165, 1.54) is 0 Å². The Morgan fingerprint density at radius 1 is 0.233 bits per heavy atom. The van der Waals surface area contributed by atoms with Crippen LogP contribution in [0.4, 0.5) is 0 Å². The van der Waals surface area contributed by atoms with E-state index in [1.54, 1.807) is 7.11 Å². The molecule has 19 aliphatic rings. The van der Waals surface area contributed by atoms with Gasteiger partial charge in [-0.3, -0.25) is 43.4 Å². The van der Waals surface area contributed by atoms with Crippen molar-refractivity contribution < 1.29 is 106 Å². The molecule has 1 aliphatic carbocycles. The number of methoxy groups -OCH3 is 2. The summed E-state index contributed by atoms with van der Waals surface area (Å²) in [6, 6.07) is 0. The average Bonchev–Trinajstić information content (AvgIpc) is 1.63. The molecule has 0 aromatic heterocycles. The molecule has 1 saturated carbocycles. The second kappa shape index (κ2) is 52.9. The molecule has 0 spiro atoms. The van der Waals surface area contributed by atoms with E-state index in [0.717, 1.165) is 351 Å². The number of rotatable bonds is 40. The quantitative estimate of drug-likeness (QED) is 0.0392. The van der Waals surface area contributed by atoms with Gasteiger partial charge in [-0.25, -0.2) is 40.1 Å². The maximum Gasteiger partial charge on any atom is 0.193 e. The van der Waals surface area contributed by atoms with Gasteiger partial charge in [-0.15, -0.1) is 65.4 Å². The number of hydrogen-bond donors (Lipinski definition) is 10. The fourth-order valence-electron chi connectivity index (χ4n) is 23.4. The summed E-state index contributed by atoms with van der Waals surface area (Å²) in [5.41, 5.74) is 79.2. The van der Waals surface area contributed by atoms with Crippen LogP contribution in [-0.2, 0) is 95.6 Å². The molecule has 46 nitrogen and oxygen atoms in total. The van der Waals surface area contributed by atoms with E-state index in [1.807, 2.05) is 17.1 Å². The predicted molar refractivity (Wildman–Crippen MR) is 479 cm³/mol. The van der Waals surface area contributed by atoms with E-state index in [0.29, 0.717) is 66.1 Å². The van der Waals surface area contributed by atoms with E-state index in [9.17, 15) is 10.2 Å². The van der Waals surface area contributed by atoms with E-state index in [4.69, 9.17) is 61.0 Å². The van der Waals surface area contributed by atoms with Crippen LogP contribution in [0.1, 0.15) is 116 Å². The number of hydrogen-bond acceptors (Lipinski definition) is 34. The van der Waals surface area contributed by atoms with Gasteiger partial charge < -0.3 is 155 Å². The second-order valence-corrected chi connectivity index (χ2v) is 36.6. The topological polar surface area (TPSA) is 458 Å². The molecule has 6 atom stereocenters. The zero-order chi connectivity index (χ0) is 84.5. The van der Waals surface area contributed by atoms with Crippen LogP contribution in [0.5, 0.6) is 0 Å². The molecule has 14 N–H and O–H groups in total. The van der Waals surface area contributed by atoms with Crippen molar-refractivity contribution in [2.24, 2.45) is 35.5 Å². The predicted octanol–water partition coefficient (Wildman–Crippen LogP) is 1.99. The SMILES string of the molecule is COCC(N1CCC[N-]1)(N1CCC[N-]1)N1CCCN1.COCC1C(CO)C(COCC(N2CCCN2)(N2CCCN2)N2CCCN2)C(COCC(N2CCC[N-]2)(N2CCC[N-]2)N2CCCN2)C(COCC(N2CCC[N-]2)(N2CCC[N-]2)N2CCCN2)C1COCC(N1CCC[N-]1)(N1CCC[N-]1)N1CCCN1.OCC(N1CCC[N-]1)(N1CCC[N-]1)N1CCCN1.[Ag].[Ag].[Ag].[NH2-].[NH2-]. The van der Waals surface area contributed by atoms with Crippen LogP contribution in [0.25, 0.3) is 66.6 Å². The standard InChI is InChI=1S/C57H108N24O6.C12H24N6O.C11H22N6O.3Ag.2H2N/c1-83-39-49-48(38-82)50(40-84-44-54(70-26-2-14-58-70,71-27-3-15-59-71)72-28-4-16-60-72)52(42-86-46-56(76-32-8-20-64-76,77-33-9-21-65-77)78-34-10-22-66-78)53(43-87-47-57(79-35-11-23-67-79,80-36-12-24-68-80)81-37-13-25-69-81)51(49)41-85-45-55(73-29-5-17-61-73,74-30-6-18-62-74)75-31-7-19-63-75;1-19-11-12(16-8-2-5-13-16,17-9-3-6-14-17)18-10-4-7-15-18;18-10-11(15-7-1-4-12-15,16-8-2-5-13-16)17-9-3-6-14-17;;;;;/h48-53,58-61,64,67,82H,2-47H2,1H3;13H,2-11H2,1H3;12,18H,1-10H2;;;;2*1H2/q-6;2*-2;;;;2*-1. The monoisotopic (exact) mass is 2100 g/mol. The van der Waals surface area contributed by atoms with E-state index in [-0.39, 0.29) is 134 Å². The zero-order valence-electron chi connectivity index (χ0n) is 77.1. The van der Waals surface area contributed by atoms with E-state index in [2.05, 4.69) is 145 Å². The van der Waals surface area contributed by atoms with Crippen molar-refractivity contribution in [3.8, 4) is 0 Å². The number of nitrogens with two attached hydrogens (primary N) is 2. The molecule has 19 rings (SSSR count). The third kappa shape index (κ3) is 23.0. The van der Waals surface area contributed by atoms with Gasteiger partial charge in [0.15, 0.2) is 5.79 Å². The summed E-state index contributed by atoms with van der Waals surface area (Å²) in [7, 11) is 3.57.